The second-order valence-electron chi connectivity index (χ2n) is 8.31. The lowest BCUT2D eigenvalue weighted by atomic mass is 10.0. The van der Waals surface area contributed by atoms with Crippen molar-refractivity contribution in [1.82, 2.24) is 9.47 Å². The number of Topliss-reactive ketones (excluding diaryl/α,β-unsaturated/α-hetero) is 1. The predicted molar refractivity (Wildman–Crippen MR) is 122 cm³/mol. The van der Waals surface area contributed by atoms with E-state index in [1.165, 1.54) is 46.0 Å². The molecule has 2 aromatic carbocycles. The molecule has 1 fully saturated rings. The molecule has 1 aliphatic rings. The molecule has 10 heteroatoms. The van der Waals surface area contributed by atoms with Gasteiger partial charge < -0.3 is 20.3 Å². The van der Waals surface area contributed by atoms with Gasteiger partial charge >= 0.3 is 0 Å². The number of nitrogens with zero attached hydrogens (tertiary/aromatic N) is 2. The molecule has 0 aliphatic carbocycles. The maximum absolute atomic E-state index is 14.3. The number of carbonyl (C=O) groups excluding carboxylic acids is 3. The van der Waals surface area contributed by atoms with Crippen LogP contribution in [0.4, 0.5) is 8.78 Å². The van der Waals surface area contributed by atoms with E-state index in [-0.39, 0.29) is 60.0 Å². The van der Waals surface area contributed by atoms with Crippen molar-refractivity contribution in [2.24, 2.45) is 5.73 Å². The number of fused-ring (bicyclic) bond motifs is 1. The van der Waals surface area contributed by atoms with E-state index in [0.29, 0.717) is 10.9 Å². The van der Waals surface area contributed by atoms with Crippen molar-refractivity contribution in [3.63, 3.8) is 0 Å². The van der Waals surface area contributed by atoms with Crippen LogP contribution in [0.1, 0.15) is 28.8 Å². The van der Waals surface area contributed by atoms with Crippen molar-refractivity contribution in [2.45, 2.75) is 38.0 Å². The summed E-state index contributed by atoms with van der Waals surface area (Å²) in [7, 11) is 0. The van der Waals surface area contributed by atoms with Gasteiger partial charge in [0, 0.05) is 29.9 Å². The van der Waals surface area contributed by atoms with Crippen LogP contribution in [-0.4, -0.2) is 50.9 Å². The maximum Gasteiger partial charge on any atom is 0.250 e. The third kappa shape index (κ3) is 4.61. The maximum atomic E-state index is 14.3. The summed E-state index contributed by atoms with van der Waals surface area (Å²) in [6, 6.07) is 7.85. The normalized spacial score (nSPS) is 17.9. The molecular formula is C24H22ClF2N3O4. The number of halogens is 3. The molecule has 2 heterocycles. The van der Waals surface area contributed by atoms with E-state index in [1.54, 1.807) is 6.07 Å². The minimum atomic E-state index is -1.36. The molecule has 3 aromatic rings. The molecule has 1 aliphatic heterocycles. The van der Waals surface area contributed by atoms with Crippen LogP contribution in [0.15, 0.2) is 42.6 Å². The van der Waals surface area contributed by atoms with Crippen molar-refractivity contribution in [3.05, 3.63) is 64.6 Å². The van der Waals surface area contributed by atoms with E-state index < -0.39 is 29.8 Å². The van der Waals surface area contributed by atoms with Gasteiger partial charge in [0.2, 0.25) is 5.91 Å². The second-order valence-corrected chi connectivity index (χ2v) is 8.72. The van der Waals surface area contributed by atoms with Crippen molar-refractivity contribution < 1.29 is 28.3 Å². The van der Waals surface area contributed by atoms with Gasteiger partial charge in [-0.2, -0.15) is 0 Å². The monoisotopic (exact) mass is 489 g/mol. The van der Waals surface area contributed by atoms with E-state index in [2.05, 4.69) is 0 Å². The second kappa shape index (κ2) is 9.42. The van der Waals surface area contributed by atoms with Gasteiger partial charge in [0.1, 0.15) is 24.3 Å². The van der Waals surface area contributed by atoms with Gasteiger partial charge in [-0.3, -0.25) is 14.4 Å². The number of alkyl halides is 1. The average Bonchev–Trinajstić information content (AvgIpc) is 3.35. The Labute approximate surface area is 198 Å². The van der Waals surface area contributed by atoms with Crippen LogP contribution < -0.4 is 5.73 Å². The summed E-state index contributed by atoms with van der Waals surface area (Å²) in [4.78, 5) is 38.9. The lowest BCUT2D eigenvalue weighted by molar-refractivity contribution is -0.138. The molecule has 2 amide bonds. The highest BCUT2D eigenvalue weighted by Gasteiger charge is 2.39. The molecule has 34 heavy (non-hydrogen) atoms. The number of nitrogens with two attached hydrogens (primary N) is 1. The van der Waals surface area contributed by atoms with Gasteiger partial charge in [-0.05, 0) is 36.2 Å². The Morgan fingerprint density at radius 1 is 1.21 bits per heavy atom. The molecule has 2 atom stereocenters. The summed E-state index contributed by atoms with van der Waals surface area (Å²) < 4.78 is 29.9. The highest BCUT2D eigenvalue weighted by atomic mass is 35.5. The number of primary amides is 1. The Balaban J connectivity index is 1.51. The Morgan fingerprint density at radius 3 is 2.71 bits per heavy atom. The molecule has 0 unspecified atom stereocenters. The number of aryl methyl sites for hydroxylation is 1. The lowest BCUT2D eigenvalue weighted by Gasteiger charge is -2.24. The number of hydrogen-bond acceptors (Lipinski definition) is 4. The first kappa shape index (κ1) is 23.7. The number of hydrogen-bond donors (Lipinski definition) is 2. The Bertz CT molecular complexity index is 1290. The summed E-state index contributed by atoms with van der Waals surface area (Å²) in [5.41, 5.74) is 6.30. The number of benzene rings is 2. The van der Waals surface area contributed by atoms with Crippen LogP contribution in [0.25, 0.3) is 10.9 Å². The van der Waals surface area contributed by atoms with Gasteiger partial charge in [0.05, 0.1) is 23.2 Å². The van der Waals surface area contributed by atoms with Crippen LogP contribution in [0.5, 0.6) is 5.75 Å². The van der Waals surface area contributed by atoms with Crippen LogP contribution >= 0.6 is 11.6 Å². The number of aromatic nitrogens is 1. The van der Waals surface area contributed by atoms with Crippen LogP contribution in [0.3, 0.4) is 0 Å². The fourth-order valence-corrected chi connectivity index (χ4v) is 4.57. The number of rotatable bonds is 7. The van der Waals surface area contributed by atoms with E-state index in [1.807, 2.05) is 0 Å². The first-order valence-corrected chi connectivity index (χ1v) is 11.0. The number of likely N-dealkylation sites (tertiary alicyclic amines) is 1. The van der Waals surface area contributed by atoms with Crippen molar-refractivity contribution in [3.8, 4) is 5.75 Å². The Morgan fingerprint density at radius 2 is 1.97 bits per heavy atom. The van der Waals surface area contributed by atoms with E-state index >= 15 is 0 Å². The van der Waals surface area contributed by atoms with Gasteiger partial charge in [-0.25, -0.2) is 8.78 Å². The number of carbonyl (C=O) groups is 3. The summed E-state index contributed by atoms with van der Waals surface area (Å²) in [6.07, 6.45) is -0.0910. The molecule has 3 N–H and O–H groups in total. The van der Waals surface area contributed by atoms with Gasteiger partial charge in [0.15, 0.2) is 5.78 Å². The zero-order chi connectivity index (χ0) is 24.6. The van der Waals surface area contributed by atoms with E-state index in [9.17, 15) is 28.3 Å². The lowest BCUT2D eigenvalue weighted by Crippen LogP contribution is -2.42. The Kier molecular flexibility index (Phi) is 6.56. The summed E-state index contributed by atoms with van der Waals surface area (Å²) in [5.74, 6) is -2.27. The third-order valence-corrected chi connectivity index (χ3v) is 6.34. The summed E-state index contributed by atoms with van der Waals surface area (Å²) >= 11 is 5.78. The number of phenols is 1. The van der Waals surface area contributed by atoms with Gasteiger partial charge in [-0.15, -0.1) is 0 Å². The highest BCUT2D eigenvalue weighted by molar-refractivity contribution is 6.30. The largest absolute Gasteiger partial charge is 0.508 e. The zero-order valence-corrected chi connectivity index (χ0v) is 18.8. The fourth-order valence-electron chi connectivity index (χ4n) is 4.38. The fraction of sp³-hybridized carbons (Fsp3) is 0.292. The quantitative estimate of drug-likeness (QED) is 0.530. The zero-order valence-electron chi connectivity index (χ0n) is 18.0. The number of phenolic OH excluding ortho intramolecular Hbond substituents is 1. The topological polar surface area (TPSA) is 106 Å². The molecule has 178 valence electrons. The molecular weight excluding hydrogens is 468 g/mol. The van der Waals surface area contributed by atoms with Gasteiger partial charge in [0.25, 0.3) is 5.91 Å². The minimum absolute atomic E-state index is 0.0472. The highest BCUT2D eigenvalue weighted by Crippen LogP contribution is 2.28. The molecule has 0 bridgehead atoms. The van der Waals surface area contributed by atoms with E-state index in [0.717, 1.165) is 0 Å². The molecule has 4 rings (SSSR count). The van der Waals surface area contributed by atoms with Crippen molar-refractivity contribution >= 4 is 40.1 Å². The standard InChI is InChI=1S/C24H22ClF2N3O4/c25-18-3-1-2-13(23(18)27)4-7-21(32)20-8-14(26)10-30(20)22(33)12-29-11-17(24(28)34)16-9-15(31)5-6-19(16)29/h1-3,5-6,9,11,14,20,31H,4,7-8,10,12H2,(H2,28,34)/t14-,20+/m1/s1. The smallest absolute Gasteiger partial charge is 0.250 e. The molecule has 0 spiro atoms. The van der Waals surface area contributed by atoms with Crippen LogP contribution in [-0.2, 0) is 22.6 Å². The molecule has 1 saturated heterocycles. The predicted octanol–water partition coefficient (Wildman–Crippen LogP) is 3.38. The minimum Gasteiger partial charge on any atom is -0.508 e. The van der Waals surface area contributed by atoms with Crippen molar-refractivity contribution in [2.75, 3.05) is 6.54 Å². The van der Waals surface area contributed by atoms with Crippen molar-refractivity contribution in [1.29, 1.82) is 0 Å². The Hall–Kier alpha value is -3.46. The first-order valence-electron chi connectivity index (χ1n) is 10.7. The summed E-state index contributed by atoms with van der Waals surface area (Å²) in [5, 5.41) is 10.1. The van der Waals surface area contributed by atoms with Crippen LogP contribution in [0, 0.1) is 5.82 Å². The van der Waals surface area contributed by atoms with Gasteiger partial charge in [-0.1, -0.05) is 23.7 Å². The molecule has 7 nitrogen and oxygen atoms in total. The number of aromatic hydroxyl groups is 1. The molecule has 0 radical (unpaired) electrons. The molecule has 1 aromatic heterocycles. The average molecular weight is 490 g/mol. The first-order chi connectivity index (χ1) is 16.2. The number of ketones is 1. The van der Waals surface area contributed by atoms with Crippen LogP contribution in [0.2, 0.25) is 5.02 Å². The SMILES string of the molecule is NC(=O)c1cn(CC(=O)N2C[C@H](F)C[C@H]2C(=O)CCc2cccc(Cl)c2F)c2ccc(O)cc12. The summed E-state index contributed by atoms with van der Waals surface area (Å²) in [6.45, 7) is -0.489. The third-order valence-electron chi connectivity index (χ3n) is 6.05. The van der Waals surface area contributed by atoms with E-state index in [4.69, 9.17) is 17.3 Å². The number of amides is 2. The molecule has 0 saturated carbocycles.